The molecule has 0 saturated heterocycles. The van der Waals surface area contributed by atoms with Crippen molar-refractivity contribution in [3.8, 4) is 6.07 Å². The van der Waals surface area contributed by atoms with E-state index in [1.807, 2.05) is 48.6 Å². The largest absolute Gasteiger partial charge is 0.285 e. The van der Waals surface area contributed by atoms with E-state index in [1.165, 1.54) is 4.68 Å². The summed E-state index contributed by atoms with van der Waals surface area (Å²) >= 11 is 0. The zero-order valence-electron chi connectivity index (χ0n) is 11.5. The summed E-state index contributed by atoms with van der Waals surface area (Å²) in [5.41, 5.74) is 2.25. The maximum Gasteiger partial charge on any atom is 0.285 e. The predicted octanol–water partition coefficient (Wildman–Crippen LogP) is 2.45. The lowest BCUT2D eigenvalue weighted by Gasteiger charge is -2.06. The van der Waals surface area contributed by atoms with Crippen LogP contribution >= 0.6 is 0 Å². The number of aryl methyl sites for hydroxylation is 1. The topological polar surface area (TPSA) is 58.7 Å². The Morgan fingerprint density at radius 2 is 2.00 bits per heavy atom. The number of aromatic nitrogens is 2. The van der Waals surface area contributed by atoms with Crippen molar-refractivity contribution in [1.82, 2.24) is 9.78 Å². The molecule has 0 atom stereocenters. The Kier molecular flexibility index (Phi) is 4.11. The molecule has 0 N–H and O–H groups in total. The molecule has 1 aromatic heterocycles. The Labute approximate surface area is 117 Å². The second-order valence-electron chi connectivity index (χ2n) is 4.50. The van der Waals surface area contributed by atoms with Gasteiger partial charge in [-0.3, -0.25) is 4.79 Å². The molecule has 100 valence electrons. The quantitative estimate of drug-likeness (QED) is 0.856. The van der Waals surface area contributed by atoms with Crippen molar-refractivity contribution in [3.63, 3.8) is 0 Å². The maximum absolute atomic E-state index is 12.1. The fraction of sp³-hybridized carbons (Fsp3) is 0.188. The normalized spacial score (nSPS) is 10.7. The molecule has 1 heterocycles. The summed E-state index contributed by atoms with van der Waals surface area (Å²) in [6, 6.07) is 11.8. The van der Waals surface area contributed by atoms with Gasteiger partial charge >= 0.3 is 0 Å². The van der Waals surface area contributed by atoms with E-state index in [0.717, 1.165) is 5.56 Å². The lowest BCUT2D eigenvalue weighted by Crippen LogP contribution is -2.27. The second-order valence-corrected chi connectivity index (χ2v) is 4.50. The van der Waals surface area contributed by atoms with E-state index in [9.17, 15) is 4.79 Å². The molecule has 0 aliphatic heterocycles. The van der Waals surface area contributed by atoms with Crippen LogP contribution < -0.4 is 5.56 Å². The van der Waals surface area contributed by atoms with Crippen LogP contribution in [0.25, 0.3) is 6.08 Å². The molecule has 0 aliphatic carbocycles. The molecule has 0 radical (unpaired) electrons. The van der Waals surface area contributed by atoms with Crippen molar-refractivity contribution >= 4 is 6.08 Å². The Hall–Kier alpha value is -2.67. The minimum absolute atomic E-state index is 0.172. The molecule has 0 spiro atoms. The third kappa shape index (κ3) is 2.83. The Bertz CT molecular complexity index is 737. The van der Waals surface area contributed by atoms with Gasteiger partial charge in [0, 0.05) is 0 Å². The van der Waals surface area contributed by atoms with Gasteiger partial charge in [-0.1, -0.05) is 42.5 Å². The van der Waals surface area contributed by atoms with E-state index in [1.54, 1.807) is 13.8 Å². The molecule has 0 aliphatic rings. The first kappa shape index (κ1) is 13.8. The minimum Gasteiger partial charge on any atom is -0.266 e. The van der Waals surface area contributed by atoms with Gasteiger partial charge in [0.05, 0.1) is 12.2 Å². The maximum atomic E-state index is 12.1. The Morgan fingerprint density at radius 1 is 1.30 bits per heavy atom. The van der Waals surface area contributed by atoms with Crippen molar-refractivity contribution in [1.29, 1.82) is 5.26 Å². The van der Waals surface area contributed by atoms with Crippen LogP contribution in [0.2, 0.25) is 0 Å². The van der Waals surface area contributed by atoms with E-state index >= 15 is 0 Å². The number of allylic oxidation sites excluding steroid dienone is 1. The Balaban J connectivity index is 2.28. The van der Waals surface area contributed by atoms with Gasteiger partial charge in [-0.15, -0.1) is 0 Å². The van der Waals surface area contributed by atoms with Crippen molar-refractivity contribution in [2.45, 2.75) is 20.4 Å². The third-order valence-corrected chi connectivity index (χ3v) is 3.14. The van der Waals surface area contributed by atoms with E-state index in [4.69, 9.17) is 5.26 Å². The summed E-state index contributed by atoms with van der Waals surface area (Å²) < 4.78 is 1.32. The second kappa shape index (κ2) is 5.98. The highest BCUT2D eigenvalue weighted by Crippen LogP contribution is 2.05. The van der Waals surface area contributed by atoms with Crippen LogP contribution in [0.5, 0.6) is 0 Å². The number of rotatable bonds is 3. The highest BCUT2D eigenvalue weighted by molar-refractivity contribution is 5.48. The average molecular weight is 265 g/mol. The number of benzene rings is 1. The monoisotopic (exact) mass is 265 g/mol. The average Bonchev–Trinajstić information content (AvgIpc) is 2.46. The molecule has 0 amide bonds. The van der Waals surface area contributed by atoms with Gasteiger partial charge in [0.2, 0.25) is 0 Å². The number of nitriles is 1. The molecule has 2 aromatic rings. The van der Waals surface area contributed by atoms with Crippen molar-refractivity contribution in [2.24, 2.45) is 0 Å². The van der Waals surface area contributed by atoms with Crippen LogP contribution in [0.4, 0.5) is 0 Å². The first-order valence-corrected chi connectivity index (χ1v) is 6.33. The lowest BCUT2D eigenvalue weighted by molar-refractivity contribution is 0.635. The molecule has 2 rings (SSSR count). The van der Waals surface area contributed by atoms with Crippen LogP contribution in [-0.4, -0.2) is 9.78 Å². The van der Waals surface area contributed by atoms with Crippen molar-refractivity contribution in [2.75, 3.05) is 0 Å². The molecular formula is C16H15N3O. The van der Waals surface area contributed by atoms with E-state index in [2.05, 4.69) is 5.10 Å². The van der Waals surface area contributed by atoms with Gasteiger partial charge in [-0.05, 0) is 25.0 Å². The van der Waals surface area contributed by atoms with Gasteiger partial charge in [0.25, 0.3) is 5.56 Å². The van der Waals surface area contributed by atoms with Gasteiger partial charge < -0.3 is 0 Å². The van der Waals surface area contributed by atoms with Gasteiger partial charge in [0.15, 0.2) is 0 Å². The smallest absolute Gasteiger partial charge is 0.266 e. The van der Waals surface area contributed by atoms with Crippen LogP contribution in [0, 0.1) is 25.2 Å². The molecule has 0 fully saturated rings. The van der Waals surface area contributed by atoms with Crippen LogP contribution in [-0.2, 0) is 6.54 Å². The molecule has 0 bridgehead atoms. The highest BCUT2D eigenvalue weighted by atomic mass is 16.1. The van der Waals surface area contributed by atoms with Crippen molar-refractivity contribution in [3.05, 3.63) is 69.1 Å². The zero-order valence-corrected chi connectivity index (χ0v) is 11.5. The third-order valence-electron chi connectivity index (χ3n) is 3.14. The first-order chi connectivity index (χ1) is 9.63. The first-order valence-electron chi connectivity index (χ1n) is 6.33. The lowest BCUT2D eigenvalue weighted by atomic mass is 10.1. The van der Waals surface area contributed by atoms with Crippen LogP contribution in [0.15, 0.2) is 41.2 Å². The highest BCUT2D eigenvalue weighted by Gasteiger charge is 2.10. The molecule has 1 aromatic carbocycles. The van der Waals surface area contributed by atoms with Crippen LogP contribution in [0.1, 0.15) is 22.4 Å². The van der Waals surface area contributed by atoms with Gasteiger partial charge in [-0.25, -0.2) is 4.68 Å². The number of nitrogens with zero attached hydrogens (tertiary/aromatic N) is 3. The standard InChI is InChI=1S/C16H15N3O/c1-12-13(2)18-19(16(20)15(12)11-17)10-6-9-14-7-4-3-5-8-14/h3-9H,10H2,1-2H3/b9-6+. The Morgan fingerprint density at radius 3 is 2.65 bits per heavy atom. The minimum atomic E-state index is -0.340. The molecule has 4 heteroatoms. The zero-order chi connectivity index (χ0) is 14.5. The number of hydrogen-bond donors (Lipinski definition) is 0. The molecule has 0 saturated carbocycles. The summed E-state index contributed by atoms with van der Waals surface area (Å²) in [7, 11) is 0. The molecule has 4 nitrogen and oxygen atoms in total. The summed E-state index contributed by atoms with van der Waals surface area (Å²) in [4.78, 5) is 12.1. The van der Waals surface area contributed by atoms with Gasteiger partial charge in [-0.2, -0.15) is 10.4 Å². The molecular weight excluding hydrogens is 250 g/mol. The summed E-state index contributed by atoms with van der Waals surface area (Å²) in [6.45, 7) is 3.89. The van der Waals surface area contributed by atoms with Crippen molar-refractivity contribution < 1.29 is 0 Å². The fourth-order valence-electron chi connectivity index (χ4n) is 1.88. The summed E-state index contributed by atoms with van der Waals surface area (Å²) in [5, 5.41) is 13.3. The van der Waals surface area contributed by atoms with E-state index < -0.39 is 0 Å². The van der Waals surface area contributed by atoms with Crippen LogP contribution in [0.3, 0.4) is 0 Å². The predicted molar refractivity (Wildman–Crippen MR) is 78.2 cm³/mol. The SMILES string of the molecule is Cc1nn(C/C=C/c2ccccc2)c(=O)c(C#N)c1C. The molecule has 0 unspecified atom stereocenters. The van der Waals surface area contributed by atoms with E-state index in [0.29, 0.717) is 17.8 Å². The fourth-order valence-corrected chi connectivity index (χ4v) is 1.88. The summed E-state index contributed by atoms with van der Waals surface area (Å²) in [5.74, 6) is 0. The van der Waals surface area contributed by atoms with E-state index in [-0.39, 0.29) is 11.1 Å². The molecule has 20 heavy (non-hydrogen) atoms. The van der Waals surface area contributed by atoms with Gasteiger partial charge in [0.1, 0.15) is 11.6 Å². The number of hydrogen-bond acceptors (Lipinski definition) is 3. The summed E-state index contributed by atoms with van der Waals surface area (Å²) in [6.07, 6.45) is 3.79.